The van der Waals surface area contributed by atoms with Gasteiger partial charge >= 0.3 is 0 Å². The zero-order chi connectivity index (χ0) is 22.9. The summed E-state index contributed by atoms with van der Waals surface area (Å²) in [5, 5.41) is 2.98. The van der Waals surface area contributed by atoms with Crippen LogP contribution in [0.25, 0.3) is 22.6 Å². The van der Waals surface area contributed by atoms with Gasteiger partial charge in [-0.1, -0.05) is 22.0 Å². The Kier molecular flexibility index (Phi) is 5.93. The number of halogens is 1. The number of fused-ring (bicyclic) bond motifs is 1. The van der Waals surface area contributed by atoms with Crippen LogP contribution in [0.1, 0.15) is 19.4 Å². The molecule has 0 aliphatic rings. The van der Waals surface area contributed by atoms with Crippen molar-refractivity contribution in [3.8, 4) is 23.0 Å². The number of aromatic nitrogens is 1. The van der Waals surface area contributed by atoms with Crippen molar-refractivity contribution in [3.05, 3.63) is 70.7 Å². The van der Waals surface area contributed by atoms with Gasteiger partial charge in [-0.2, -0.15) is 0 Å². The third-order valence-electron chi connectivity index (χ3n) is 5.06. The van der Waals surface area contributed by atoms with Crippen LogP contribution in [0, 0.1) is 6.92 Å². The summed E-state index contributed by atoms with van der Waals surface area (Å²) in [4.78, 5) is 17.6. The summed E-state index contributed by atoms with van der Waals surface area (Å²) in [6.45, 7) is 5.40. The molecule has 4 rings (SSSR count). The fourth-order valence-electron chi connectivity index (χ4n) is 3.16. The predicted octanol–water partition coefficient (Wildman–Crippen LogP) is 6.37. The smallest absolute Gasteiger partial charge is 0.267 e. The number of carbonyl (C=O) groups excluding carboxylic acids is 1. The van der Waals surface area contributed by atoms with Crippen molar-refractivity contribution in [1.29, 1.82) is 0 Å². The van der Waals surface area contributed by atoms with E-state index in [9.17, 15) is 4.79 Å². The number of amides is 1. The minimum atomic E-state index is -1.08. The summed E-state index contributed by atoms with van der Waals surface area (Å²) in [6.07, 6.45) is 0. The molecular formula is C25H23BrN2O4. The second-order valence-corrected chi connectivity index (χ2v) is 8.82. The van der Waals surface area contributed by atoms with E-state index in [1.807, 2.05) is 67.6 Å². The number of oxazole rings is 1. The summed E-state index contributed by atoms with van der Waals surface area (Å²) < 4.78 is 18.0. The van der Waals surface area contributed by atoms with E-state index in [1.54, 1.807) is 21.0 Å². The van der Waals surface area contributed by atoms with Crippen LogP contribution in [-0.4, -0.2) is 23.6 Å². The highest BCUT2D eigenvalue weighted by atomic mass is 79.9. The third kappa shape index (κ3) is 4.62. The second kappa shape index (κ2) is 8.67. The van der Waals surface area contributed by atoms with Gasteiger partial charge in [-0.15, -0.1) is 0 Å². The van der Waals surface area contributed by atoms with Crippen LogP contribution in [0.4, 0.5) is 5.69 Å². The molecule has 1 heterocycles. The first-order valence-corrected chi connectivity index (χ1v) is 10.9. The van der Waals surface area contributed by atoms with E-state index in [1.165, 1.54) is 0 Å². The first-order valence-electron chi connectivity index (χ1n) is 10.1. The van der Waals surface area contributed by atoms with Crippen LogP contribution < -0.4 is 14.8 Å². The van der Waals surface area contributed by atoms with Crippen LogP contribution in [0.15, 0.2) is 69.6 Å². The number of aryl methyl sites for hydroxylation is 1. The zero-order valence-electron chi connectivity index (χ0n) is 18.2. The minimum absolute atomic E-state index is 0.261. The van der Waals surface area contributed by atoms with E-state index in [0.29, 0.717) is 34.2 Å². The van der Waals surface area contributed by atoms with Crippen molar-refractivity contribution in [1.82, 2.24) is 4.98 Å². The molecule has 0 radical (unpaired) electrons. The lowest BCUT2D eigenvalue weighted by Gasteiger charge is -2.26. The summed E-state index contributed by atoms with van der Waals surface area (Å²) >= 11 is 3.40. The molecule has 3 aromatic carbocycles. The Morgan fingerprint density at radius 1 is 1.03 bits per heavy atom. The van der Waals surface area contributed by atoms with Crippen LogP contribution in [0.2, 0.25) is 0 Å². The average Bonchev–Trinajstić information content (AvgIpc) is 3.20. The SMILES string of the molecule is COc1ccc2oc(-c3ccc(C)c(NC(=O)C(C)(C)Oc4ccc(Br)cc4)c3)nc2c1. The predicted molar refractivity (Wildman–Crippen MR) is 128 cm³/mol. The van der Waals surface area contributed by atoms with Gasteiger partial charge in [0.25, 0.3) is 5.91 Å². The number of ether oxygens (including phenoxy) is 2. The molecule has 1 amide bonds. The maximum absolute atomic E-state index is 13.0. The topological polar surface area (TPSA) is 73.6 Å². The summed E-state index contributed by atoms with van der Waals surface area (Å²) in [6, 6.07) is 18.5. The van der Waals surface area contributed by atoms with Gasteiger partial charge in [0.2, 0.25) is 5.89 Å². The third-order valence-corrected chi connectivity index (χ3v) is 5.59. The molecular weight excluding hydrogens is 472 g/mol. The maximum atomic E-state index is 13.0. The molecule has 1 N–H and O–H groups in total. The maximum Gasteiger partial charge on any atom is 0.267 e. The number of nitrogens with one attached hydrogen (secondary N) is 1. The summed E-state index contributed by atoms with van der Waals surface area (Å²) in [5.41, 5.74) is 2.63. The second-order valence-electron chi connectivity index (χ2n) is 7.90. The van der Waals surface area contributed by atoms with E-state index < -0.39 is 5.60 Å². The van der Waals surface area contributed by atoms with Crippen molar-refractivity contribution < 1.29 is 18.7 Å². The number of carbonyl (C=O) groups is 1. The van der Waals surface area contributed by atoms with Crippen molar-refractivity contribution in [2.24, 2.45) is 0 Å². The largest absolute Gasteiger partial charge is 0.497 e. The van der Waals surface area contributed by atoms with Crippen molar-refractivity contribution in [3.63, 3.8) is 0 Å². The molecule has 0 unspecified atom stereocenters. The average molecular weight is 495 g/mol. The van der Waals surface area contributed by atoms with Gasteiger partial charge in [-0.25, -0.2) is 4.98 Å². The van der Waals surface area contributed by atoms with Crippen molar-refractivity contribution >= 4 is 38.6 Å². The van der Waals surface area contributed by atoms with Gasteiger partial charge in [0, 0.05) is 21.8 Å². The van der Waals surface area contributed by atoms with E-state index in [0.717, 1.165) is 15.6 Å². The molecule has 164 valence electrons. The molecule has 0 saturated carbocycles. The molecule has 0 aliphatic heterocycles. The van der Waals surface area contributed by atoms with Crippen LogP contribution in [-0.2, 0) is 4.79 Å². The Labute approximate surface area is 194 Å². The minimum Gasteiger partial charge on any atom is -0.497 e. The number of benzene rings is 3. The molecule has 0 bridgehead atoms. The Bertz CT molecular complexity index is 1280. The van der Waals surface area contributed by atoms with E-state index >= 15 is 0 Å². The first kappa shape index (κ1) is 21.9. The molecule has 4 aromatic rings. The van der Waals surface area contributed by atoms with E-state index in [2.05, 4.69) is 26.2 Å². The normalized spacial score (nSPS) is 11.4. The van der Waals surface area contributed by atoms with Gasteiger partial charge in [0.1, 0.15) is 17.0 Å². The van der Waals surface area contributed by atoms with Crippen molar-refractivity contribution in [2.75, 3.05) is 12.4 Å². The molecule has 7 heteroatoms. The monoisotopic (exact) mass is 494 g/mol. The van der Waals surface area contributed by atoms with Gasteiger partial charge in [0.05, 0.1) is 7.11 Å². The van der Waals surface area contributed by atoms with Gasteiger partial charge in [-0.05, 0) is 74.9 Å². The number of anilines is 1. The summed E-state index contributed by atoms with van der Waals surface area (Å²) in [7, 11) is 1.61. The highest BCUT2D eigenvalue weighted by molar-refractivity contribution is 9.10. The number of methoxy groups -OCH3 is 1. The zero-order valence-corrected chi connectivity index (χ0v) is 19.8. The lowest BCUT2D eigenvalue weighted by molar-refractivity contribution is -0.128. The molecule has 0 atom stereocenters. The molecule has 1 aromatic heterocycles. The Morgan fingerprint density at radius 2 is 1.75 bits per heavy atom. The highest BCUT2D eigenvalue weighted by Gasteiger charge is 2.30. The quantitative estimate of drug-likeness (QED) is 0.337. The Morgan fingerprint density at radius 3 is 2.47 bits per heavy atom. The first-order chi connectivity index (χ1) is 15.2. The Balaban J connectivity index is 1.57. The van der Waals surface area contributed by atoms with Crippen LogP contribution in [0.3, 0.4) is 0 Å². The molecule has 32 heavy (non-hydrogen) atoms. The lowest BCUT2D eigenvalue weighted by atomic mass is 10.1. The molecule has 0 aliphatic carbocycles. The van der Waals surface area contributed by atoms with Gasteiger partial charge in [0.15, 0.2) is 11.2 Å². The van der Waals surface area contributed by atoms with Crippen LogP contribution >= 0.6 is 15.9 Å². The Hall–Kier alpha value is -3.32. The standard InChI is InChI=1S/C25H23BrN2O4/c1-15-5-6-16(23-27-21-14-19(30-4)11-12-22(21)31-23)13-20(15)28-24(29)25(2,3)32-18-9-7-17(26)8-10-18/h5-14H,1-4H3,(H,28,29). The molecule has 6 nitrogen and oxygen atoms in total. The number of hydrogen-bond acceptors (Lipinski definition) is 5. The molecule has 0 saturated heterocycles. The molecule has 0 fully saturated rings. The van der Waals surface area contributed by atoms with Crippen molar-refractivity contribution in [2.45, 2.75) is 26.4 Å². The lowest BCUT2D eigenvalue weighted by Crippen LogP contribution is -2.42. The summed E-state index contributed by atoms with van der Waals surface area (Å²) in [5.74, 6) is 1.53. The fourth-order valence-corrected chi connectivity index (χ4v) is 3.43. The fraction of sp³-hybridized carbons (Fsp3) is 0.200. The van der Waals surface area contributed by atoms with Crippen LogP contribution in [0.5, 0.6) is 11.5 Å². The highest BCUT2D eigenvalue weighted by Crippen LogP contribution is 2.30. The number of nitrogens with zero attached hydrogens (tertiary/aromatic N) is 1. The van der Waals surface area contributed by atoms with Gasteiger partial charge in [-0.3, -0.25) is 4.79 Å². The number of hydrogen-bond donors (Lipinski definition) is 1. The number of rotatable bonds is 6. The molecule has 0 spiro atoms. The van der Waals surface area contributed by atoms with E-state index in [4.69, 9.17) is 13.9 Å². The van der Waals surface area contributed by atoms with E-state index in [-0.39, 0.29) is 5.91 Å². The van der Waals surface area contributed by atoms with Gasteiger partial charge < -0.3 is 19.2 Å².